The van der Waals surface area contributed by atoms with Crippen LogP contribution in [0.1, 0.15) is 43.4 Å². The smallest absolute Gasteiger partial charge is 0.336 e. The summed E-state index contributed by atoms with van der Waals surface area (Å²) >= 11 is 4.36. The van der Waals surface area contributed by atoms with Gasteiger partial charge in [-0.05, 0) is 29.4 Å². The Morgan fingerprint density at radius 2 is 1.46 bits per heavy atom. The fourth-order valence-electron chi connectivity index (χ4n) is 3.99. The summed E-state index contributed by atoms with van der Waals surface area (Å²) in [6, 6.07) is 23.1. The maximum Gasteiger partial charge on any atom is 0.336 e. The third-order valence-corrected chi connectivity index (χ3v) is 6.65. The van der Waals surface area contributed by atoms with Crippen LogP contribution in [0.15, 0.2) is 71.9 Å². The number of hydrogen-bond donors (Lipinski definition) is 5. The molecule has 0 aliphatic carbocycles. The molecule has 0 spiro atoms. The lowest BCUT2D eigenvalue weighted by Gasteiger charge is -2.18. The van der Waals surface area contributed by atoms with Crippen LogP contribution in [0.3, 0.4) is 0 Å². The quantitative estimate of drug-likeness (QED) is 0.0813. The highest BCUT2D eigenvalue weighted by molar-refractivity contribution is 7.79. The van der Waals surface area contributed by atoms with Gasteiger partial charge in [-0.3, -0.25) is 9.59 Å². The molecule has 3 aromatic carbocycles. The molecule has 220 valence electrons. The second kappa shape index (κ2) is 16.4. The molecule has 0 saturated carbocycles. The molecule has 0 unspecified atom stereocenters. The van der Waals surface area contributed by atoms with Crippen LogP contribution in [-0.2, 0) is 25.0 Å². The molecule has 0 amide bonds. The number of likely N-dealkylation sites (N-methyl/N-ethyl adjacent to an activating group) is 1. The molecule has 3 aromatic rings. The van der Waals surface area contributed by atoms with E-state index < -0.39 is 36.4 Å². The van der Waals surface area contributed by atoms with E-state index in [4.69, 9.17) is 25.3 Å². The lowest BCUT2D eigenvalue weighted by atomic mass is 9.96. The van der Waals surface area contributed by atoms with E-state index in [1.165, 1.54) is 16.3 Å². The monoisotopic (exact) mass is 584 g/mol. The van der Waals surface area contributed by atoms with Gasteiger partial charge in [0, 0.05) is 23.4 Å². The van der Waals surface area contributed by atoms with E-state index >= 15 is 0 Å². The van der Waals surface area contributed by atoms with Gasteiger partial charge in [-0.1, -0.05) is 85.7 Å². The van der Waals surface area contributed by atoms with Crippen LogP contribution in [0.2, 0.25) is 0 Å². The molecule has 4 N–H and O–H groups in total. The SMILES string of the molecule is CCN(CC)CCO/N=C(/c1ccc(CS)cc1)c1cccc2ccccc12.O=C(O)CC(O)(CC(=O)O)C(=O)O. The topological polar surface area (TPSA) is 157 Å². The van der Waals surface area contributed by atoms with Gasteiger partial charge >= 0.3 is 17.9 Å². The fraction of sp³-hybridized carbons (Fsp3) is 0.333. The zero-order chi connectivity index (χ0) is 30.4. The first-order valence-electron chi connectivity index (χ1n) is 13.0. The average Bonchev–Trinajstić information content (AvgIpc) is 2.94. The summed E-state index contributed by atoms with van der Waals surface area (Å²) in [5.41, 5.74) is 1.44. The zero-order valence-electron chi connectivity index (χ0n) is 23.1. The van der Waals surface area contributed by atoms with Crippen molar-refractivity contribution >= 4 is 47.0 Å². The molecule has 0 aliphatic heterocycles. The van der Waals surface area contributed by atoms with Gasteiger partial charge in [0.1, 0.15) is 12.3 Å². The first-order chi connectivity index (χ1) is 19.5. The highest BCUT2D eigenvalue weighted by Gasteiger charge is 2.40. The summed E-state index contributed by atoms with van der Waals surface area (Å²) in [5.74, 6) is -4.30. The Kier molecular flexibility index (Phi) is 13.3. The van der Waals surface area contributed by atoms with Gasteiger partial charge in [0.05, 0.1) is 12.8 Å². The van der Waals surface area contributed by atoms with E-state index in [1.807, 2.05) is 0 Å². The number of hydrogen-bond acceptors (Lipinski definition) is 8. The molecule has 0 heterocycles. The Hall–Kier alpha value is -3.93. The zero-order valence-corrected chi connectivity index (χ0v) is 24.0. The second-order valence-electron chi connectivity index (χ2n) is 9.16. The molecule has 0 radical (unpaired) electrons. The molecule has 11 heteroatoms. The number of fused-ring (bicyclic) bond motifs is 1. The molecule has 3 rings (SSSR count). The van der Waals surface area contributed by atoms with Crippen molar-refractivity contribution in [3.05, 3.63) is 83.4 Å². The molecule has 0 bridgehead atoms. The van der Waals surface area contributed by atoms with E-state index in [0.29, 0.717) is 6.61 Å². The van der Waals surface area contributed by atoms with Crippen molar-refractivity contribution in [1.29, 1.82) is 0 Å². The van der Waals surface area contributed by atoms with Gasteiger partial charge in [-0.25, -0.2) is 4.79 Å². The summed E-state index contributed by atoms with van der Waals surface area (Å²) in [5, 5.41) is 40.8. The Labute approximate surface area is 244 Å². The summed E-state index contributed by atoms with van der Waals surface area (Å²) in [6.07, 6.45) is -2.29. The summed E-state index contributed by atoms with van der Waals surface area (Å²) in [4.78, 5) is 38.6. The Bertz CT molecular complexity index is 1320. The molecule has 0 saturated heterocycles. The van der Waals surface area contributed by atoms with Gasteiger partial charge in [0.2, 0.25) is 0 Å². The van der Waals surface area contributed by atoms with Crippen molar-refractivity contribution in [3.63, 3.8) is 0 Å². The fourth-order valence-corrected chi connectivity index (χ4v) is 4.20. The molecular weight excluding hydrogens is 548 g/mol. The van der Waals surface area contributed by atoms with Gasteiger partial charge < -0.3 is 30.2 Å². The number of aliphatic carboxylic acids is 3. The number of thiol groups is 1. The highest BCUT2D eigenvalue weighted by Crippen LogP contribution is 2.23. The first-order valence-corrected chi connectivity index (χ1v) is 13.7. The van der Waals surface area contributed by atoms with Crippen LogP contribution < -0.4 is 0 Å². The molecule has 41 heavy (non-hydrogen) atoms. The average molecular weight is 585 g/mol. The molecule has 0 atom stereocenters. The van der Waals surface area contributed by atoms with E-state index in [9.17, 15) is 14.4 Å². The number of benzene rings is 3. The van der Waals surface area contributed by atoms with Crippen molar-refractivity contribution in [1.82, 2.24) is 4.90 Å². The van der Waals surface area contributed by atoms with Gasteiger partial charge in [-0.15, -0.1) is 0 Å². The van der Waals surface area contributed by atoms with Crippen molar-refractivity contribution in [2.75, 3.05) is 26.2 Å². The standard InChI is InChI=1S/C24H28N2OS.C6H8O7/c1-3-26(4-2)16-17-27-25-24(21-14-12-19(18-28)13-15-21)23-11-7-9-20-8-5-6-10-22(20)23;7-3(8)1-6(13,5(11)12)2-4(9)10/h5-15,28H,3-4,16-18H2,1-2H3;13H,1-2H2,(H,7,8)(H,9,10)(H,11,12)/b25-24-;. The van der Waals surface area contributed by atoms with Gasteiger partial charge in [0.15, 0.2) is 5.60 Å². The molecule has 10 nitrogen and oxygen atoms in total. The lowest BCUT2D eigenvalue weighted by molar-refractivity contribution is -0.170. The van der Waals surface area contributed by atoms with E-state index in [2.05, 4.69) is 103 Å². The van der Waals surface area contributed by atoms with E-state index in [1.54, 1.807) is 0 Å². The minimum atomic E-state index is -2.74. The van der Waals surface area contributed by atoms with Gasteiger partial charge in [0.25, 0.3) is 0 Å². The summed E-state index contributed by atoms with van der Waals surface area (Å²) in [6.45, 7) is 7.81. The molecule has 0 aromatic heterocycles. The van der Waals surface area contributed by atoms with Crippen molar-refractivity contribution < 1.29 is 39.6 Å². The Morgan fingerprint density at radius 3 is 2.00 bits per heavy atom. The maximum absolute atomic E-state index is 10.3. The van der Waals surface area contributed by atoms with Crippen molar-refractivity contribution in [3.8, 4) is 0 Å². The number of carboxylic acids is 3. The normalized spacial score (nSPS) is 11.6. The van der Waals surface area contributed by atoms with E-state index in [-0.39, 0.29) is 0 Å². The predicted octanol–water partition coefficient (Wildman–Crippen LogP) is 4.13. The van der Waals surface area contributed by atoms with Crippen molar-refractivity contribution in [2.45, 2.75) is 38.0 Å². The first kappa shape index (κ1) is 33.3. The predicted molar refractivity (Wildman–Crippen MR) is 160 cm³/mol. The molecule has 0 aliphatic rings. The largest absolute Gasteiger partial charge is 0.481 e. The number of nitrogens with zero attached hydrogens (tertiary/aromatic N) is 2. The van der Waals surface area contributed by atoms with Crippen molar-refractivity contribution in [2.24, 2.45) is 5.16 Å². The Morgan fingerprint density at radius 1 is 0.878 bits per heavy atom. The van der Waals surface area contributed by atoms with Crippen LogP contribution in [-0.4, -0.2) is 80.8 Å². The third kappa shape index (κ3) is 10.2. The number of rotatable bonds is 14. The third-order valence-electron chi connectivity index (χ3n) is 6.29. The molecular formula is C30H36N2O8S. The minimum absolute atomic E-state index is 0.574. The van der Waals surface area contributed by atoms with Crippen LogP contribution in [0.4, 0.5) is 0 Å². The lowest BCUT2D eigenvalue weighted by Crippen LogP contribution is -2.42. The van der Waals surface area contributed by atoms with Crippen LogP contribution in [0.5, 0.6) is 0 Å². The second-order valence-corrected chi connectivity index (χ2v) is 9.48. The van der Waals surface area contributed by atoms with E-state index in [0.717, 1.165) is 42.2 Å². The van der Waals surface area contributed by atoms with Gasteiger partial charge in [-0.2, -0.15) is 12.6 Å². The summed E-state index contributed by atoms with van der Waals surface area (Å²) < 4.78 is 0. The number of oxime groups is 1. The highest BCUT2D eigenvalue weighted by atomic mass is 32.1. The number of carbonyl (C=O) groups is 3. The number of carboxylic acid groups (broad SMARTS) is 3. The summed E-state index contributed by atoms with van der Waals surface area (Å²) in [7, 11) is 0. The van der Waals surface area contributed by atoms with Crippen LogP contribution in [0, 0.1) is 0 Å². The molecule has 0 fully saturated rings. The number of aliphatic hydroxyl groups is 1. The van der Waals surface area contributed by atoms with Crippen LogP contribution >= 0.6 is 12.6 Å². The van der Waals surface area contributed by atoms with Crippen LogP contribution in [0.25, 0.3) is 10.8 Å². The maximum atomic E-state index is 10.3. The Balaban J connectivity index is 0.000000383. The minimum Gasteiger partial charge on any atom is -0.481 e.